The van der Waals surface area contributed by atoms with Gasteiger partial charge in [-0.1, -0.05) is 6.07 Å². The van der Waals surface area contributed by atoms with Crippen LogP contribution in [0.1, 0.15) is 5.56 Å². The Morgan fingerprint density at radius 3 is 2.63 bits per heavy atom. The number of aromatic amines is 1. The van der Waals surface area contributed by atoms with E-state index in [2.05, 4.69) is 9.71 Å². The van der Waals surface area contributed by atoms with Gasteiger partial charge in [0.15, 0.2) is 11.6 Å². The highest BCUT2D eigenvalue weighted by Crippen LogP contribution is 2.30. The summed E-state index contributed by atoms with van der Waals surface area (Å²) in [6.45, 7) is 0. The topological polar surface area (TPSA) is 95.0 Å². The van der Waals surface area contributed by atoms with E-state index in [-0.39, 0.29) is 33.2 Å². The SMILES string of the molecule is COc1cccc(-c2cc(S(=O)(=O)Nc3ccc(C#N)cc3F)c[nH]2)c1F. The second-order valence-corrected chi connectivity index (χ2v) is 7.17. The molecule has 0 aliphatic heterocycles. The zero-order valence-corrected chi connectivity index (χ0v) is 14.8. The van der Waals surface area contributed by atoms with Crippen molar-refractivity contribution in [1.29, 1.82) is 5.26 Å². The molecule has 0 fully saturated rings. The molecule has 9 heteroatoms. The van der Waals surface area contributed by atoms with Gasteiger partial charge < -0.3 is 9.72 Å². The maximum absolute atomic E-state index is 14.3. The van der Waals surface area contributed by atoms with E-state index in [0.29, 0.717) is 0 Å². The highest BCUT2D eigenvalue weighted by molar-refractivity contribution is 7.92. The molecule has 1 aromatic heterocycles. The van der Waals surface area contributed by atoms with Crippen LogP contribution in [-0.2, 0) is 10.0 Å². The Kier molecular flexibility index (Phi) is 4.83. The van der Waals surface area contributed by atoms with Crippen LogP contribution in [0.3, 0.4) is 0 Å². The Balaban J connectivity index is 1.93. The first-order valence-electron chi connectivity index (χ1n) is 7.59. The molecule has 2 N–H and O–H groups in total. The van der Waals surface area contributed by atoms with Crippen LogP contribution in [-0.4, -0.2) is 20.5 Å². The first-order valence-corrected chi connectivity index (χ1v) is 9.08. The molecule has 2 aromatic carbocycles. The summed E-state index contributed by atoms with van der Waals surface area (Å²) in [5.41, 5.74) is 0.101. The third-order valence-corrected chi connectivity index (χ3v) is 5.13. The molecule has 0 atom stereocenters. The summed E-state index contributed by atoms with van der Waals surface area (Å²) < 4.78 is 60.3. The molecule has 0 saturated heterocycles. The number of halogens is 2. The van der Waals surface area contributed by atoms with E-state index in [0.717, 1.165) is 18.3 Å². The zero-order chi connectivity index (χ0) is 19.6. The van der Waals surface area contributed by atoms with Crippen LogP contribution in [0.15, 0.2) is 53.6 Å². The fourth-order valence-corrected chi connectivity index (χ4v) is 3.49. The van der Waals surface area contributed by atoms with Crippen molar-refractivity contribution in [3.8, 4) is 23.1 Å². The molecule has 0 bridgehead atoms. The molecule has 0 aliphatic rings. The number of hydrogen-bond donors (Lipinski definition) is 2. The molecule has 0 amide bonds. The van der Waals surface area contributed by atoms with E-state index in [4.69, 9.17) is 10.00 Å². The summed E-state index contributed by atoms with van der Waals surface area (Å²) >= 11 is 0. The van der Waals surface area contributed by atoms with Crippen molar-refractivity contribution >= 4 is 15.7 Å². The lowest BCUT2D eigenvalue weighted by atomic mass is 10.1. The van der Waals surface area contributed by atoms with Crippen molar-refractivity contribution in [2.75, 3.05) is 11.8 Å². The number of nitrogens with zero attached hydrogens (tertiary/aromatic N) is 1. The third-order valence-electron chi connectivity index (χ3n) is 3.78. The van der Waals surface area contributed by atoms with Crippen molar-refractivity contribution in [1.82, 2.24) is 4.98 Å². The maximum Gasteiger partial charge on any atom is 0.263 e. The summed E-state index contributed by atoms with van der Waals surface area (Å²) in [5, 5.41) is 8.74. The van der Waals surface area contributed by atoms with Gasteiger partial charge in [0.25, 0.3) is 10.0 Å². The molecule has 1 heterocycles. The van der Waals surface area contributed by atoms with E-state index < -0.39 is 21.7 Å². The minimum absolute atomic E-state index is 0.0179. The van der Waals surface area contributed by atoms with Gasteiger partial charge in [0.2, 0.25) is 0 Å². The van der Waals surface area contributed by atoms with Crippen molar-refractivity contribution in [2.24, 2.45) is 0 Å². The molecule has 27 heavy (non-hydrogen) atoms. The molecule has 138 valence electrons. The maximum atomic E-state index is 14.3. The fraction of sp³-hybridized carbons (Fsp3) is 0.0556. The summed E-state index contributed by atoms with van der Waals surface area (Å²) in [6.07, 6.45) is 1.16. The number of methoxy groups -OCH3 is 1. The van der Waals surface area contributed by atoms with Gasteiger partial charge in [-0.15, -0.1) is 0 Å². The van der Waals surface area contributed by atoms with Gasteiger partial charge >= 0.3 is 0 Å². The second-order valence-electron chi connectivity index (χ2n) is 5.48. The first kappa shape index (κ1) is 18.4. The van der Waals surface area contributed by atoms with Gasteiger partial charge in [0.05, 0.1) is 24.4 Å². The van der Waals surface area contributed by atoms with Gasteiger partial charge in [-0.3, -0.25) is 4.72 Å². The van der Waals surface area contributed by atoms with E-state index in [9.17, 15) is 17.2 Å². The lowest BCUT2D eigenvalue weighted by Crippen LogP contribution is -2.13. The van der Waals surface area contributed by atoms with Crippen LogP contribution in [0.25, 0.3) is 11.3 Å². The van der Waals surface area contributed by atoms with E-state index in [1.165, 1.54) is 31.4 Å². The zero-order valence-electron chi connectivity index (χ0n) is 14.0. The monoisotopic (exact) mass is 389 g/mol. The van der Waals surface area contributed by atoms with E-state index >= 15 is 0 Å². The number of hydrogen-bond acceptors (Lipinski definition) is 4. The van der Waals surface area contributed by atoms with Crippen LogP contribution >= 0.6 is 0 Å². The average Bonchev–Trinajstić information content (AvgIpc) is 3.14. The van der Waals surface area contributed by atoms with Crippen LogP contribution in [0, 0.1) is 23.0 Å². The van der Waals surface area contributed by atoms with E-state index in [1.807, 2.05) is 0 Å². The van der Waals surface area contributed by atoms with Crippen molar-refractivity contribution in [3.05, 3.63) is 65.9 Å². The van der Waals surface area contributed by atoms with Crippen LogP contribution < -0.4 is 9.46 Å². The number of anilines is 1. The van der Waals surface area contributed by atoms with Crippen molar-refractivity contribution in [2.45, 2.75) is 4.90 Å². The number of ether oxygens (including phenoxy) is 1. The number of nitrogens with one attached hydrogen (secondary N) is 2. The molecular weight excluding hydrogens is 376 g/mol. The standard InChI is InChI=1S/C18H13F2N3O3S/c1-26-17-4-2-3-13(18(17)20)16-8-12(10-22-16)27(24,25)23-15-6-5-11(9-21)7-14(15)19/h2-8,10,22-23H,1H3. The van der Waals surface area contributed by atoms with Gasteiger partial charge in [-0.25, -0.2) is 17.2 Å². The van der Waals surface area contributed by atoms with Gasteiger partial charge in [-0.05, 0) is 36.4 Å². The number of aromatic nitrogens is 1. The minimum atomic E-state index is -4.13. The molecule has 6 nitrogen and oxygen atoms in total. The predicted molar refractivity (Wildman–Crippen MR) is 94.7 cm³/mol. The summed E-state index contributed by atoms with van der Waals surface area (Å²) in [4.78, 5) is 2.48. The molecule has 3 rings (SSSR count). The number of benzene rings is 2. The van der Waals surface area contributed by atoms with Gasteiger partial charge in [-0.2, -0.15) is 5.26 Å². The number of nitriles is 1. The molecule has 0 unspecified atom stereocenters. The summed E-state index contributed by atoms with van der Waals surface area (Å²) in [5.74, 6) is -1.51. The Morgan fingerprint density at radius 2 is 1.96 bits per heavy atom. The Labute approximate surface area is 154 Å². The lowest BCUT2D eigenvalue weighted by Gasteiger charge is -2.07. The van der Waals surface area contributed by atoms with Gasteiger partial charge in [0.1, 0.15) is 10.7 Å². The molecule has 0 radical (unpaired) electrons. The summed E-state index contributed by atoms with van der Waals surface area (Å²) in [7, 11) is -2.81. The Hall–Kier alpha value is -3.38. The van der Waals surface area contributed by atoms with Gasteiger partial charge in [0, 0.05) is 17.5 Å². The molecule has 0 saturated carbocycles. The molecule has 0 spiro atoms. The minimum Gasteiger partial charge on any atom is -0.494 e. The van der Waals surface area contributed by atoms with Crippen LogP contribution in [0.2, 0.25) is 0 Å². The molecule has 0 aliphatic carbocycles. The number of sulfonamides is 1. The number of rotatable bonds is 5. The second kappa shape index (κ2) is 7.09. The fourth-order valence-electron chi connectivity index (χ4n) is 2.43. The highest BCUT2D eigenvalue weighted by Gasteiger charge is 2.20. The smallest absolute Gasteiger partial charge is 0.263 e. The average molecular weight is 389 g/mol. The number of H-pyrrole nitrogens is 1. The molecular formula is C18H13F2N3O3S. The first-order chi connectivity index (χ1) is 12.9. The predicted octanol–water partition coefficient (Wildman–Crippen LogP) is 3.64. The quantitative estimate of drug-likeness (QED) is 0.696. The third kappa shape index (κ3) is 3.61. The van der Waals surface area contributed by atoms with Crippen LogP contribution in [0.4, 0.5) is 14.5 Å². The largest absolute Gasteiger partial charge is 0.494 e. The highest BCUT2D eigenvalue weighted by atomic mass is 32.2. The normalized spacial score (nSPS) is 11.0. The molecule has 3 aromatic rings. The van der Waals surface area contributed by atoms with Crippen molar-refractivity contribution in [3.63, 3.8) is 0 Å². The summed E-state index contributed by atoms with van der Waals surface area (Å²) in [6, 6.07) is 10.8. The van der Waals surface area contributed by atoms with E-state index in [1.54, 1.807) is 12.1 Å². The Morgan fingerprint density at radius 1 is 1.19 bits per heavy atom. The Bertz CT molecular complexity index is 1150. The van der Waals surface area contributed by atoms with Crippen molar-refractivity contribution < 1.29 is 21.9 Å². The lowest BCUT2D eigenvalue weighted by molar-refractivity contribution is 0.387. The van der Waals surface area contributed by atoms with Crippen LogP contribution in [0.5, 0.6) is 5.75 Å².